The van der Waals surface area contributed by atoms with Gasteiger partial charge in [-0.3, -0.25) is 9.36 Å². The van der Waals surface area contributed by atoms with Gasteiger partial charge in [0.25, 0.3) is 7.82 Å². The number of hydrogen-bond donors (Lipinski definition) is 2. The molecular formula is C67H131N2O6P. The van der Waals surface area contributed by atoms with E-state index in [0.29, 0.717) is 17.4 Å². The fourth-order valence-electron chi connectivity index (χ4n) is 10.1. The Morgan fingerprint density at radius 3 is 1.07 bits per heavy atom. The number of carbonyl (C=O) groups is 1. The van der Waals surface area contributed by atoms with Crippen LogP contribution in [0.1, 0.15) is 335 Å². The van der Waals surface area contributed by atoms with Crippen LogP contribution in [0.2, 0.25) is 0 Å². The highest BCUT2D eigenvalue weighted by molar-refractivity contribution is 7.45. The van der Waals surface area contributed by atoms with Gasteiger partial charge >= 0.3 is 0 Å². The number of phosphoric ester groups is 1. The minimum absolute atomic E-state index is 0.00746. The van der Waals surface area contributed by atoms with Gasteiger partial charge in [0.2, 0.25) is 5.91 Å². The number of likely N-dealkylation sites (N-methyl/N-ethyl adjacent to an activating group) is 1. The molecule has 9 heteroatoms. The van der Waals surface area contributed by atoms with Gasteiger partial charge in [0.05, 0.1) is 39.9 Å². The zero-order chi connectivity index (χ0) is 55.6. The first-order valence-corrected chi connectivity index (χ1v) is 34.8. The number of allylic oxidation sites excluding steroid dienone is 5. The average molecular weight is 1090 g/mol. The van der Waals surface area contributed by atoms with Crippen LogP contribution in [0.15, 0.2) is 36.5 Å². The Bertz CT molecular complexity index is 1330. The van der Waals surface area contributed by atoms with Crippen molar-refractivity contribution in [1.29, 1.82) is 0 Å². The molecule has 0 spiro atoms. The van der Waals surface area contributed by atoms with E-state index in [4.69, 9.17) is 9.05 Å². The van der Waals surface area contributed by atoms with E-state index in [-0.39, 0.29) is 12.5 Å². The van der Waals surface area contributed by atoms with Crippen LogP contribution in [0.25, 0.3) is 0 Å². The Kier molecular flexibility index (Phi) is 57.4. The van der Waals surface area contributed by atoms with Crippen molar-refractivity contribution in [1.82, 2.24) is 5.32 Å². The molecule has 0 bridgehead atoms. The summed E-state index contributed by atoms with van der Waals surface area (Å²) in [7, 11) is 1.25. The van der Waals surface area contributed by atoms with Crippen molar-refractivity contribution in [2.45, 2.75) is 347 Å². The van der Waals surface area contributed by atoms with Crippen LogP contribution in [0.5, 0.6) is 0 Å². The fourth-order valence-corrected chi connectivity index (χ4v) is 10.9. The first kappa shape index (κ1) is 74.7. The van der Waals surface area contributed by atoms with Crippen molar-refractivity contribution < 1.29 is 32.9 Å². The predicted octanol–water partition coefficient (Wildman–Crippen LogP) is 20.3. The third-order valence-electron chi connectivity index (χ3n) is 15.3. The molecule has 0 aromatic heterocycles. The first-order valence-electron chi connectivity index (χ1n) is 33.4. The zero-order valence-electron chi connectivity index (χ0n) is 51.5. The molecule has 2 N–H and O–H groups in total. The van der Waals surface area contributed by atoms with E-state index in [1.54, 1.807) is 6.08 Å². The average Bonchev–Trinajstić information content (AvgIpc) is 3.38. The second-order valence-electron chi connectivity index (χ2n) is 24.2. The van der Waals surface area contributed by atoms with Gasteiger partial charge in [0, 0.05) is 6.42 Å². The molecule has 3 unspecified atom stereocenters. The molecule has 1 amide bonds. The lowest BCUT2D eigenvalue weighted by Crippen LogP contribution is -2.45. The predicted molar refractivity (Wildman–Crippen MR) is 330 cm³/mol. The van der Waals surface area contributed by atoms with Crippen molar-refractivity contribution in [3.63, 3.8) is 0 Å². The number of phosphoric acid groups is 1. The summed E-state index contributed by atoms with van der Waals surface area (Å²) in [5, 5.41) is 13.9. The van der Waals surface area contributed by atoms with Crippen LogP contribution in [0.3, 0.4) is 0 Å². The Balaban J connectivity index is 3.89. The Morgan fingerprint density at radius 2 is 0.737 bits per heavy atom. The summed E-state index contributed by atoms with van der Waals surface area (Å²) in [6.07, 6.45) is 77.2. The van der Waals surface area contributed by atoms with E-state index in [9.17, 15) is 19.4 Å². The Labute approximate surface area is 474 Å². The summed E-state index contributed by atoms with van der Waals surface area (Å²) in [5.41, 5.74) is 0. The van der Waals surface area contributed by atoms with Crippen molar-refractivity contribution >= 4 is 13.7 Å². The summed E-state index contributed by atoms with van der Waals surface area (Å²) >= 11 is 0. The van der Waals surface area contributed by atoms with Crippen LogP contribution < -0.4 is 10.2 Å². The summed E-state index contributed by atoms with van der Waals surface area (Å²) in [6.45, 7) is 4.64. The van der Waals surface area contributed by atoms with Gasteiger partial charge in [-0.1, -0.05) is 320 Å². The third-order valence-corrected chi connectivity index (χ3v) is 16.3. The molecule has 0 aliphatic carbocycles. The number of hydrogen-bond acceptors (Lipinski definition) is 6. The van der Waals surface area contributed by atoms with Gasteiger partial charge < -0.3 is 28.8 Å². The molecule has 0 aromatic carbocycles. The van der Waals surface area contributed by atoms with Gasteiger partial charge in [0.15, 0.2) is 0 Å². The van der Waals surface area contributed by atoms with Gasteiger partial charge in [-0.2, -0.15) is 0 Å². The lowest BCUT2D eigenvalue weighted by molar-refractivity contribution is -0.870. The standard InChI is InChI=1S/C67H131N2O6P/c1-6-8-10-12-14-16-18-20-22-23-24-25-26-27-28-29-30-31-32-33-34-35-36-37-38-39-40-41-42-43-44-45-47-49-51-53-55-57-59-61-67(71)68-65(64-75-76(72,73)74-63-62-69(3,4)5)66(70)60-58-56-54-52-50-48-46-21-19-17-15-13-11-9-7-2/h19,21,50,52,58,60,65-66,70H,6-18,20,22-49,51,53-57,59,61-64H2,1-5H3,(H-,68,71,72,73)/b21-19+,52-50+,60-58+. The van der Waals surface area contributed by atoms with Crippen LogP contribution in [-0.2, 0) is 18.4 Å². The molecular weight excluding hydrogens is 960 g/mol. The maximum absolute atomic E-state index is 13.0. The van der Waals surface area contributed by atoms with Gasteiger partial charge in [-0.05, 0) is 44.9 Å². The van der Waals surface area contributed by atoms with Crippen LogP contribution in [0.4, 0.5) is 0 Å². The molecule has 0 aromatic rings. The van der Waals surface area contributed by atoms with E-state index in [1.165, 1.54) is 270 Å². The summed E-state index contributed by atoms with van der Waals surface area (Å²) in [5.74, 6) is -0.206. The Morgan fingerprint density at radius 1 is 0.447 bits per heavy atom. The van der Waals surface area contributed by atoms with E-state index in [0.717, 1.165) is 44.9 Å². The van der Waals surface area contributed by atoms with Gasteiger partial charge in [-0.15, -0.1) is 0 Å². The smallest absolute Gasteiger partial charge is 0.268 e. The molecule has 0 saturated heterocycles. The quantitative estimate of drug-likeness (QED) is 0.0272. The van der Waals surface area contributed by atoms with E-state index in [1.807, 2.05) is 27.2 Å². The maximum Gasteiger partial charge on any atom is 0.268 e. The highest BCUT2D eigenvalue weighted by atomic mass is 31.2. The third kappa shape index (κ3) is 60.4. The number of nitrogens with zero attached hydrogens (tertiary/aromatic N) is 1. The largest absolute Gasteiger partial charge is 0.756 e. The number of aliphatic hydroxyl groups is 1. The number of quaternary nitrogens is 1. The van der Waals surface area contributed by atoms with Crippen LogP contribution in [0, 0.1) is 0 Å². The van der Waals surface area contributed by atoms with E-state index < -0.39 is 26.6 Å². The number of amides is 1. The highest BCUT2D eigenvalue weighted by Gasteiger charge is 2.23. The topological polar surface area (TPSA) is 108 Å². The zero-order valence-corrected chi connectivity index (χ0v) is 52.4. The van der Waals surface area contributed by atoms with E-state index in [2.05, 4.69) is 43.5 Å². The monoisotopic (exact) mass is 1090 g/mol. The summed E-state index contributed by atoms with van der Waals surface area (Å²) < 4.78 is 23.3. The second-order valence-corrected chi connectivity index (χ2v) is 25.6. The molecule has 0 rings (SSSR count). The second kappa shape index (κ2) is 58.4. The summed E-state index contributed by atoms with van der Waals surface area (Å²) in [6, 6.07) is -0.908. The van der Waals surface area contributed by atoms with Crippen molar-refractivity contribution in [3.8, 4) is 0 Å². The van der Waals surface area contributed by atoms with Crippen LogP contribution in [-0.4, -0.2) is 68.5 Å². The molecule has 0 aliphatic rings. The number of carbonyl (C=O) groups excluding carboxylic acids is 1. The van der Waals surface area contributed by atoms with Crippen molar-refractivity contribution in [2.24, 2.45) is 0 Å². The molecule has 0 fully saturated rings. The number of rotatable bonds is 62. The van der Waals surface area contributed by atoms with Crippen molar-refractivity contribution in [2.75, 3.05) is 40.9 Å². The molecule has 0 heterocycles. The van der Waals surface area contributed by atoms with Gasteiger partial charge in [0.1, 0.15) is 13.2 Å². The highest BCUT2D eigenvalue weighted by Crippen LogP contribution is 2.38. The molecule has 3 atom stereocenters. The number of aliphatic hydroxyl groups excluding tert-OH is 1. The van der Waals surface area contributed by atoms with E-state index >= 15 is 0 Å². The maximum atomic E-state index is 13.0. The fraction of sp³-hybridized carbons (Fsp3) is 0.896. The minimum Gasteiger partial charge on any atom is -0.756 e. The first-order chi connectivity index (χ1) is 37.0. The molecule has 0 saturated carbocycles. The lowest BCUT2D eigenvalue weighted by atomic mass is 10.0. The van der Waals surface area contributed by atoms with Crippen molar-refractivity contribution in [3.05, 3.63) is 36.5 Å². The lowest BCUT2D eigenvalue weighted by Gasteiger charge is -2.29. The molecule has 76 heavy (non-hydrogen) atoms. The normalized spacial score (nSPS) is 13.9. The molecule has 8 nitrogen and oxygen atoms in total. The molecule has 0 radical (unpaired) electrons. The molecule has 0 aliphatic heterocycles. The SMILES string of the molecule is CCCCCCC/C=C/CC/C=C/CC/C=C/C(O)C(COP(=O)([O-])OCC[N+](C)(C)C)NC(=O)CCCCCCCCCCCCCCCCCCCCCCCCCCCCCCCCCCCCCCCCC. The molecule has 450 valence electrons. The summed E-state index contributed by atoms with van der Waals surface area (Å²) in [4.78, 5) is 25.5. The van der Waals surface area contributed by atoms with Crippen LogP contribution >= 0.6 is 7.82 Å². The Hall–Kier alpha value is -1.28. The number of nitrogens with one attached hydrogen (secondary N) is 1. The number of unbranched alkanes of at least 4 members (excludes halogenated alkanes) is 45. The minimum atomic E-state index is -4.61. The van der Waals surface area contributed by atoms with Gasteiger partial charge in [-0.25, -0.2) is 0 Å².